The maximum absolute atomic E-state index is 5.63. The van der Waals surface area contributed by atoms with Crippen LogP contribution in [0.15, 0.2) is 59.2 Å². The van der Waals surface area contributed by atoms with E-state index in [0.717, 1.165) is 21.0 Å². The third kappa shape index (κ3) is 2.33. The topological polar surface area (TPSA) is 35.0 Å². The quantitative estimate of drug-likeness (QED) is 0.712. The molecule has 2 aromatic carbocycles. The molecule has 0 bridgehead atoms. The number of rotatable bonds is 2. The first kappa shape index (κ1) is 11.2. The number of aromatic nitrogens is 2. The third-order valence-corrected chi connectivity index (χ3v) is 3.04. The summed E-state index contributed by atoms with van der Waals surface area (Å²) < 4.78 is 6.70. The van der Waals surface area contributed by atoms with E-state index in [1.807, 2.05) is 30.3 Å². The molecule has 0 aliphatic rings. The van der Waals surface area contributed by atoms with Gasteiger partial charge >= 0.3 is 0 Å². The normalized spacial score (nSPS) is 10.5. The Kier molecular flexibility index (Phi) is 2.94. The molecule has 0 radical (unpaired) electrons. The minimum absolute atomic E-state index is 0.494. The fraction of sp³-hybridized carbons (Fsp3) is 0. The number of benzene rings is 2. The van der Waals surface area contributed by atoms with Crippen LogP contribution in [0.1, 0.15) is 0 Å². The molecule has 0 aliphatic heterocycles. The Morgan fingerprint density at radius 3 is 2.61 bits per heavy atom. The average molecular weight is 301 g/mol. The lowest BCUT2D eigenvalue weighted by atomic mass is 10.1. The van der Waals surface area contributed by atoms with Crippen molar-refractivity contribution in [1.29, 1.82) is 0 Å². The van der Waals surface area contributed by atoms with Crippen LogP contribution in [0.5, 0.6) is 11.6 Å². The van der Waals surface area contributed by atoms with Crippen molar-refractivity contribution in [3.63, 3.8) is 0 Å². The Morgan fingerprint density at radius 2 is 1.78 bits per heavy atom. The second kappa shape index (κ2) is 4.74. The Morgan fingerprint density at radius 1 is 0.944 bits per heavy atom. The van der Waals surface area contributed by atoms with Crippen molar-refractivity contribution >= 4 is 26.7 Å². The Labute approximate surface area is 113 Å². The number of hydrogen-bond donors (Lipinski definition) is 0. The molecule has 0 unspecified atom stereocenters. The summed E-state index contributed by atoms with van der Waals surface area (Å²) >= 11 is 3.46. The van der Waals surface area contributed by atoms with Crippen molar-refractivity contribution in [1.82, 2.24) is 10.2 Å². The van der Waals surface area contributed by atoms with E-state index in [0.29, 0.717) is 5.88 Å². The van der Waals surface area contributed by atoms with E-state index >= 15 is 0 Å². The van der Waals surface area contributed by atoms with E-state index in [-0.39, 0.29) is 0 Å². The zero-order valence-corrected chi connectivity index (χ0v) is 11.0. The molecule has 0 N–H and O–H groups in total. The largest absolute Gasteiger partial charge is 0.438 e. The number of halogens is 1. The molecule has 4 heteroatoms. The van der Waals surface area contributed by atoms with Crippen molar-refractivity contribution in [2.45, 2.75) is 0 Å². The summed E-state index contributed by atoms with van der Waals surface area (Å²) in [7, 11) is 0. The molecule has 0 saturated heterocycles. The second-order valence-corrected chi connectivity index (χ2v) is 4.73. The van der Waals surface area contributed by atoms with Gasteiger partial charge in [-0.1, -0.05) is 28.1 Å². The number of hydrogen-bond acceptors (Lipinski definition) is 3. The van der Waals surface area contributed by atoms with Gasteiger partial charge in [-0.15, -0.1) is 5.10 Å². The van der Waals surface area contributed by atoms with Gasteiger partial charge in [-0.05, 0) is 41.1 Å². The number of nitrogens with zero attached hydrogens (tertiary/aromatic N) is 2. The fourth-order valence-corrected chi connectivity index (χ4v) is 2.10. The maximum Gasteiger partial charge on any atom is 0.238 e. The third-order valence-electron chi connectivity index (χ3n) is 2.54. The minimum atomic E-state index is 0.494. The van der Waals surface area contributed by atoms with Crippen LogP contribution in [0.4, 0.5) is 0 Å². The monoisotopic (exact) mass is 300 g/mol. The van der Waals surface area contributed by atoms with Crippen molar-refractivity contribution in [2.75, 3.05) is 0 Å². The first-order valence-corrected chi connectivity index (χ1v) is 6.25. The molecule has 0 atom stereocenters. The zero-order valence-electron chi connectivity index (χ0n) is 9.38. The van der Waals surface area contributed by atoms with Gasteiger partial charge in [0.1, 0.15) is 5.75 Å². The van der Waals surface area contributed by atoms with Crippen LogP contribution in [-0.4, -0.2) is 10.2 Å². The predicted molar refractivity (Wildman–Crippen MR) is 73.8 cm³/mol. The lowest BCUT2D eigenvalue weighted by Crippen LogP contribution is -1.88. The molecule has 0 fully saturated rings. The van der Waals surface area contributed by atoms with Gasteiger partial charge in [-0.3, -0.25) is 0 Å². The predicted octanol–water partition coefficient (Wildman–Crippen LogP) is 4.18. The SMILES string of the molecule is Brc1ccc2cc(Oc3cccnn3)ccc2c1. The highest BCUT2D eigenvalue weighted by Crippen LogP contribution is 2.26. The summed E-state index contributed by atoms with van der Waals surface area (Å²) in [6.07, 6.45) is 1.62. The van der Waals surface area contributed by atoms with Gasteiger partial charge in [-0.25, -0.2) is 0 Å². The Hall–Kier alpha value is -1.94. The van der Waals surface area contributed by atoms with Crippen LogP contribution in [0.3, 0.4) is 0 Å². The van der Waals surface area contributed by atoms with Crippen LogP contribution in [0.2, 0.25) is 0 Å². The van der Waals surface area contributed by atoms with Gasteiger partial charge in [0.05, 0.1) is 0 Å². The number of fused-ring (bicyclic) bond motifs is 1. The molecular formula is C14H9BrN2O. The van der Waals surface area contributed by atoms with Crippen molar-refractivity contribution in [3.8, 4) is 11.6 Å². The van der Waals surface area contributed by atoms with E-state index in [1.54, 1.807) is 18.3 Å². The van der Waals surface area contributed by atoms with Gasteiger partial charge in [0.15, 0.2) is 0 Å². The van der Waals surface area contributed by atoms with Crippen molar-refractivity contribution in [2.24, 2.45) is 0 Å². The highest BCUT2D eigenvalue weighted by molar-refractivity contribution is 9.10. The van der Waals surface area contributed by atoms with Crippen LogP contribution in [-0.2, 0) is 0 Å². The highest BCUT2D eigenvalue weighted by atomic mass is 79.9. The molecule has 3 nitrogen and oxygen atoms in total. The van der Waals surface area contributed by atoms with E-state index in [1.165, 1.54) is 0 Å². The lowest BCUT2D eigenvalue weighted by Gasteiger charge is -2.05. The second-order valence-electron chi connectivity index (χ2n) is 3.82. The van der Waals surface area contributed by atoms with Gasteiger partial charge < -0.3 is 4.74 Å². The summed E-state index contributed by atoms with van der Waals surface area (Å²) in [5.74, 6) is 1.25. The molecule has 1 aromatic heterocycles. The molecule has 0 aliphatic carbocycles. The van der Waals surface area contributed by atoms with Crippen LogP contribution < -0.4 is 4.74 Å². The average Bonchev–Trinajstić information content (AvgIpc) is 2.40. The Bertz CT molecular complexity index is 686. The van der Waals surface area contributed by atoms with Crippen LogP contribution in [0, 0.1) is 0 Å². The molecule has 3 rings (SSSR count). The summed E-state index contributed by atoms with van der Waals surface area (Å²) in [5.41, 5.74) is 0. The molecule has 88 valence electrons. The minimum Gasteiger partial charge on any atom is -0.438 e. The van der Waals surface area contributed by atoms with Gasteiger partial charge in [0, 0.05) is 16.7 Å². The van der Waals surface area contributed by atoms with Crippen molar-refractivity contribution in [3.05, 3.63) is 59.2 Å². The fourth-order valence-electron chi connectivity index (χ4n) is 1.72. The molecule has 18 heavy (non-hydrogen) atoms. The number of ether oxygens (including phenoxy) is 1. The van der Waals surface area contributed by atoms with E-state index in [2.05, 4.69) is 32.2 Å². The molecular weight excluding hydrogens is 292 g/mol. The van der Waals surface area contributed by atoms with E-state index in [4.69, 9.17) is 4.74 Å². The van der Waals surface area contributed by atoms with Gasteiger partial charge in [0.25, 0.3) is 0 Å². The van der Waals surface area contributed by atoms with Crippen LogP contribution >= 0.6 is 15.9 Å². The van der Waals surface area contributed by atoms with Crippen LogP contribution in [0.25, 0.3) is 10.8 Å². The van der Waals surface area contributed by atoms with Gasteiger partial charge in [-0.2, -0.15) is 5.10 Å². The summed E-state index contributed by atoms with van der Waals surface area (Å²) in [6, 6.07) is 15.6. The van der Waals surface area contributed by atoms with E-state index in [9.17, 15) is 0 Å². The first-order chi connectivity index (χ1) is 8.81. The van der Waals surface area contributed by atoms with Crippen molar-refractivity contribution < 1.29 is 4.74 Å². The molecule has 3 aromatic rings. The zero-order chi connectivity index (χ0) is 12.4. The molecule has 0 amide bonds. The Balaban J connectivity index is 1.96. The standard InChI is InChI=1S/C14H9BrN2O/c15-12-5-3-11-9-13(6-4-10(11)8-12)18-14-2-1-7-16-17-14/h1-9H. The summed E-state index contributed by atoms with van der Waals surface area (Å²) in [5, 5.41) is 9.95. The maximum atomic E-state index is 5.63. The highest BCUT2D eigenvalue weighted by Gasteiger charge is 2.00. The van der Waals surface area contributed by atoms with Gasteiger partial charge in [0.2, 0.25) is 5.88 Å². The molecule has 0 spiro atoms. The summed E-state index contributed by atoms with van der Waals surface area (Å²) in [6.45, 7) is 0. The smallest absolute Gasteiger partial charge is 0.238 e. The first-order valence-electron chi connectivity index (χ1n) is 5.46. The molecule has 1 heterocycles. The molecule has 0 saturated carbocycles. The van der Waals surface area contributed by atoms with E-state index < -0.39 is 0 Å². The lowest BCUT2D eigenvalue weighted by molar-refractivity contribution is 0.456. The summed E-state index contributed by atoms with van der Waals surface area (Å²) in [4.78, 5) is 0.